The van der Waals surface area contributed by atoms with Gasteiger partial charge in [-0.05, 0) is 48.5 Å². The van der Waals surface area contributed by atoms with E-state index >= 15 is 0 Å². The Labute approximate surface area is 184 Å². The number of aromatic hydroxyl groups is 1. The predicted octanol–water partition coefficient (Wildman–Crippen LogP) is 4.25. The second kappa shape index (κ2) is 9.32. The van der Waals surface area contributed by atoms with Crippen LogP contribution in [0.1, 0.15) is 31.1 Å². The SMILES string of the molecule is CN(C)C(=O)c1cc(NC(=O)c2ccccc2)cc(NC(=O)c2ccc(Cl)cc2)c1O. The zero-order chi connectivity index (χ0) is 22.5. The molecular formula is C23H20ClN3O4. The van der Waals surface area contributed by atoms with E-state index in [0.717, 1.165) is 0 Å². The van der Waals surface area contributed by atoms with Gasteiger partial charge in [0.1, 0.15) is 0 Å². The maximum atomic E-state index is 12.6. The van der Waals surface area contributed by atoms with Gasteiger partial charge < -0.3 is 20.6 Å². The number of phenolic OH excluding ortho intramolecular Hbond substituents is 1. The Kier molecular flexibility index (Phi) is 6.57. The molecule has 0 aliphatic carbocycles. The van der Waals surface area contributed by atoms with E-state index in [0.29, 0.717) is 16.1 Å². The van der Waals surface area contributed by atoms with Gasteiger partial charge in [-0.2, -0.15) is 0 Å². The van der Waals surface area contributed by atoms with Gasteiger partial charge in [0.05, 0.1) is 11.3 Å². The van der Waals surface area contributed by atoms with Crippen molar-refractivity contribution in [3.05, 3.63) is 88.4 Å². The van der Waals surface area contributed by atoms with E-state index < -0.39 is 23.5 Å². The highest BCUT2D eigenvalue weighted by atomic mass is 35.5. The van der Waals surface area contributed by atoms with E-state index in [2.05, 4.69) is 10.6 Å². The molecule has 3 amide bonds. The van der Waals surface area contributed by atoms with Gasteiger partial charge in [0, 0.05) is 35.9 Å². The second-order valence-electron chi connectivity index (χ2n) is 6.90. The molecule has 0 heterocycles. The average Bonchev–Trinajstić information content (AvgIpc) is 2.76. The van der Waals surface area contributed by atoms with Crippen molar-refractivity contribution >= 4 is 40.7 Å². The fraction of sp³-hybridized carbons (Fsp3) is 0.0870. The van der Waals surface area contributed by atoms with Crippen LogP contribution in [0.15, 0.2) is 66.7 Å². The van der Waals surface area contributed by atoms with Gasteiger partial charge in [0.2, 0.25) is 0 Å². The van der Waals surface area contributed by atoms with Crippen molar-refractivity contribution in [2.45, 2.75) is 0 Å². The largest absolute Gasteiger partial charge is 0.505 e. The number of nitrogens with one attached hydrogen (secondary N) is 2. The summed E-state index contributed by atoms with van der Waals surface area (Å²) in [5, 5.41) is 16.4. The molecule has 0 aromatic heterocycles. The number of carbonyl (C=O) groups excluding carboxylic acids is 3. The Balaban J connectivity index is 1.97. The van der Waals surface area contributed by atoms with Crippen molar-refractivity contribution in [2.75, 3.05) is 24.7 Å². The van der Waals surface area contributed by atoms with Crippen LogP contribution in [0.5, 0.6) is 5.75 Å². The second-order valence-corrected chi connectivity index (χ2v) is 7.34. The molecule has 0 fully saturated rings. The highest BCUT2D eigenvalue weighted by Crippen LogP contribution is 2.33. The fourth-order valence-electron chi connectivity index (χ4n) is 2.79. The van der Waals surface area contributed by atoms with Gasteiger partial charge in [0.15, 0.2) is 5.75 Å². The predicted molar refractivity (Wildman–Crippen MR) is 120 cm³/mol. The lowest BCUT2D eigenvalue weighted by Gasteiger charge is -2.17. The number of nitrogens with zero attached hydrogens (tertiary/aromatic N) is 1. The molecule has 0 aliphatic rings. The molecule has 0 saturated heterocycles. The van der Waals surface area contributed by atoms with Crippen LogP contribution in [0.4, 0.5) is 11.4 Å². The third kappa shape index (κ3) is 5.21. The molecule has 0 aliphatic heterocycles. The van der Waals surface area contributed by atoms with Gasteiger partial charge in [0.25, 0.3) is 17.7 Å². The molecule has 3 N–H and O–H groups in total. The minimum absolute atomic E-state index is 0.0176. The topological polar surface area (TPSA) is 98.7 Å². The lowest BCUT2D eigenvalue weighted by molar-refractivity contribution is 0.0823. The van der Waals surface area contributed by atoms with E-state index in [1.54, 1.807) is 42.5 Å². The number of phenols is 1. The summed E-state index contributed by atoms with van der Waals surface area (Å²) in [5.74, 6) is -1.81. The number of anilines is 2. The average molecular weight is 438 g/mol. The number of halogens is 1. The normalized spacial score (nSPS) is 10.3. The van der Waals surface area contributed by atoms with Gasteiger partial charge >= 0.3 is 0 Å². The molecule has 3 aromatic rings. The summed E-state index contributed by atoms with van der Waals surface area (Å²) in [7, 11) is 3.06. The Morgan fingerprint density at radius 2 is 1.42 bits per heavy atom. The first kappa shape index (κ1) is 21.9. The van der Waals surface area contributed by atoms with Crippen molar-refractivity contribution in [3.8, 4) is 5.75 Å². The van der Waals surface area contributed by atoms with Gasteiger partial charge in [-0.1, -0.05) is 29.8 Å². The number of carbonyl (C=O) groups is 3. The molecule has 0 spiro atoms. The van der Waals surface area contributed by atoms with Crippen LogP contribution in [0.3, 0.4) is 0 Å². The van der Waals surface area contributed by atoms with Crippen LogP contribution < -0.4 is 10.6 Å². The number of hydrogen-bond donors (Lipinski definition) is 3. The summed E-state index contributed by atoms with van der Waals surface area (Å²) in [4.78, 5) is 39.0. The molecule has 0 radical (unpaired) electrons. The van der Waals surface area contributed by atoms with Crippen LogP contribution in [0.25, 0.3) is 0 Å². The maximum Gasteiger partial charge on any atom is 0.257 e. The van der Waals surface area contributed by atoms with Crippen LogP contribution in [0, 0.1) is 0 Å². The zero-order valence-electron chi connectivity index (χ0n) is 16.8. The standard InChI is InChI=1S/C23H20ClN3O4/c1-27(2)23(31)18-12-17(25-21(29)14-6-4-3-5-7-14)13-19(20(18)28)26-22(30)15-8-10-16(24)11-9-15/h3-13,28H,1-2H3,(H,25,29)(H,26,30). The van der Waals surface area contributed by atoms with E-state index in [4.69, 9.17) is 11.6 Å². The smallest absolute Gasteiger partial charge is 0.257 e. The van der Waals surface area contributed by atoms with Crippen LogP contribution in [0.2, 0.25) is 5.02 Å². The summed E-state index contributed by atoms with van der Waals surface area (Å²) in [5.41, 5.74) is 0.882. The Bertz CT molecular complexity index is 1130. The van der Waals surface area contributed by atoms with Crippen molar-refractivity contribution < 1.29 is 19.5 Å². The van der Waals surface area contributed by atoms with E-state index in [1.807, 2.05) is 0 Å². The Hall–Kier alpha value is -3.84. The third-order valence-electron chi connectivity index (χ3n) is 4.39. The maximum absolute atomic E-state index is 12.6. The molecule has 0 bridgehead atoms. The minimum atomic E-state index is -0.512. The van der Waals surface area contributed by atoms with Crippen LogP contribution in [-0.4, -0.2) is 41.8 Å². The fourth-order valence-corrected chi connectivity index (χ4v) is 2.92. The summed E-state index contributed by atoms with van der Waals surface area (Å²) in [6.45, 7) is 0. The zero-order valence-corrected chi connectivity index (χ0v) is 17.6. The first-order valence-electron chi connectivity index (χ1n) is 9.28. The number of benzene rings is 3. The quantitative estimate of drug-likeness (QED) is 0.410. The van der Waals surface area contributed by atoms with Gasteiger partial charge in [-0.15, -0.1) is 0 Å². The van der Waals surface area contributed by atoms with E-state index in [-0.39, 0.29) is 16.9 Å². The molecule has 3 rings (SSSR count). The summed E-state index contributed by atoms with van der Waals surface area (Å²) >= 11 is 5.85. The monoisotopic (exact) mass is 437 g/mol. The Morgan fingerprint density at radius 3 is 2.03 bits per heavy atom. The van der Waals surface area contributed by atoms with Crippen LogP contribution in [-0.2, 0) is 0 Å². The third-order valence-corrected chi connectivity index (χ3v) is 4.65. The van der Waals surface area contributed by atoms with Gasteiger partial charge in [-0.25, -0.2) is 0 Å². The number of amides is 3. The first-order valence-corrected chi connectivity index (χ1v) is 9.66. The molecule has 3 aromatic carbocycles. The molecule has 158 valence electrons. The molecular weight excluding hydrogens is 418 g/mol. The van der Waals surface area contributed by atoms with Crippen molar-refractivity contribution in [2.24, 2.45) is 0 Å². The summed E-state index contributed by atoms with van der Waals surface area (Å²) in [6.07, 6.45) is 0. The molecule has 0 saturated carbocycles. The van der Waals surface area contributed by atoms with Crippen molar-refractivity contribution in [3.63, 3.8) is 0 Å². The molecule has 0 unspecified atom stereocenters. The number of hydrogen-bond acceptors (Lipinski definition) is 4. The summed E-state index contributed by atoms with van der Waals surface area (Å²) < 4.78 is 0. The first-order chi connectivity index (χ1) is 14.8. The number of rotatable bonds is 5. The molecule has 31 heavy (non-hydrogen) atoms. The highest BCUT2D eigenvalue weighted by Gasteiger charge is 2.20. The molecule has 7 nitrogen and oxygen atoms in total. The van der Waals surface area contributed by atoms with E-state index in [1.165, 1.54) is 43.3 Å². The van der Waals surface area contributed by atoms with Crippen molar-refractivity contribution in [1.82, 2.24) is 4.90 Å². The van der Waals surface area contributed by atoms with Crippen molar-refractivity contribution in [1.29, 1.82) is 0 Å². The van der Waals surface area contributed by atoms with E-state index in [9.17, 15) is 19.5 Å². The molecule has 8 heteroatoms. The lowest BCUT2D eigenvalue weighted by atomic mass is 10.1. The Morgan fingerprint density at radius 1 is 0.839 bits per heavy atom. The highest BCUT2D eigenvalue weighted by molar-refractivity contribution is 6.30. The van der Waals surface area contributed by atoms with Crippen LogP contribution >= 0.6 is 11.6 Å². The lowest BCUT2D eigenvalue weighted by Crippen LogP contribution is -2.23. The molecule has 0 atom stereocenters. The minimum Gasteiger partial charge on any atom is -0.505 e. The summed E-state index contributed by atoms with van der Waals surface area (Å²) in [6, 6.07) is 17.5. The van der Waals surface area contributed by atoms with Gasteiger partial charge in [-0.3, -0.25) is 14.4 Å².